The molecule has 1 saturated heterocycles. The third-order valence-electron chi connectivity index (χ3n) is 3.98. The minimum absolute atomic E-state index is 0.164. The lowest BCUT2D eigenvalue weighted by atomic mass is 9.80. The van der Waals surface area contributed by atoms with Crippen molar-refractivity contribution >= 4 is 21.4 Å². The quantitative estimate of drug-likeness (QED) is 0.928. The Balaban J connectivity index is 2.15. The van der Waals surface area contributed by atoms with Crippen molar-refractivity contribution in [3.63, 3.8) is 0 Å². The summed E-state index contributed by atoms with van der Waals surface area (Å²) in [4.78, 5) is 0. The maximum absolute atomic E-state index is 12.6. The molecular weight excluding hydrogens is 292 g/mol. The summed E-state index contributed by atoms with van der Waals surface area (Å²) in [5.74, 6) is 0.439. The smallest absolute Gasteiger partial charge is 0.252 e. The highest BCUT2D eigenvalue weighted by Crippen LogP contribution is 2.36. The molecule has 1 aromatic heterocycles. The van der Waals surface area contributed by atoms with Gasteiger partial charge in [0.1, 0.15) is 4.21 Å². The molecular formula is C14H24N2O2S2. The van der Waals surface area contributed by atoms with E-state index in [1.807, 2.05) is 12.4 Å². The molecule has 6 heteroatoms. The Bertz CT molecular complexity index is 558. The van der Waals surface area contributed by atoms with E-state index in [1.54, 1.807) is 10.4 Å². The van der Waals surface area contributed by atoms with Crippen LogP contribution in [0.15, 0.2) is 15.7 Å². The van der Waals surface area contributed by atoms with Crippen molar-refractivity contribution in [1.82, 2.24) is 9.62 Å². The number of nitrogens with zero attached hydrogens (tertiary/aromatic N) is 1. The summed E-state index contributed by atoms with van der Waals surface area (Å²) in [5, 5.41) is 4.96. The van der Waals surface area contributed by atoms with E-state index in [-0.39, 0.29) is 5.41 Å². The molecule has 1 aliphatic rings. The van der Waals surface area contributed by atoms with Crippen LogP contribution in [0.25, 0.3) is 0 Å². The Labute approximate surface area is 126 Å². The zero-order chi connectivity index (χ0) is 15.0. The summed E-state index contributed by atoms with van der Waals surface area (Å²) in [6.45, 7) is 8.54. The highest BCUT2D eigenvalue weighted by molar-refractivity contribution is 7.91. The van der Waals surface area contributed by atoms with Crippen molar-refractivity contribution in [2.75, 3.05) is 20.1 Å². The Morgan fingerprint density at radius 3 is 2.70 bits per heavy atom. The monoisotopic (exact) mass is 316 g/mol. The molecule has 20 heavy (non-hydrogen) atoms. The first kappa shape index (κ1) is 15.9. The van der Waals surface area contributed by atoms with Crippen LogP contribution >= 0.6 is 11.3 Å². The lowest BCUT2D eigenvalue weighted by Gasteiger charge is -2.26. The minimum Gasteiger partial charge on any atom is -0.316 e. The van der Waals surface area contributed by atoms with Crippen LogP contribution < -0.4 is 5.32 Å². The van der Waals surface area contributed by atoms with Crippen LogP contribution in [0.2, 0.25) is 0 Å². The van der Waals surface area contributed by atoms with Gasteiger partial charge in [-0.25, -0.2) is 8.42 Å². The van der Waals surface area contributed by atoms with E-state index in [2.05, 4.69) is 26.1 Å². The average molecular weight is 316 g/mol. The maximum atomic E-state index is 12.6. The molecule has 114 valence electrons. The van der Waals surface area contributed by atoms with Crippen molar-refractivity contribution < 1.29 is 8.42 Å². The number of thiophene rings is 1. The predicted octanol–water partition coefficient (Wildman–Crippen LogP) is 2.52. The van der Waals surface area contributed by atoms with E-state index < -0.39 is 10.0 Å². The second-order valence-corrected chi connectivity index (χ2v) is 9.60. The van der Waals surface area contributed by atoms with Crippen LogP contribution in [0.1, 0.15) is 32.8 Å². The van der Waals surface area contributed by atoms with Crippen molar-refractivity contribution in [3.05, 3.63) is 17.0 Å². The van der Waals surface area contributed by atoms with Gasteiger partial charge < -0.3 is 5.32 Å². The summed E-state index contributed by atoms with van der Waals surface area (Å²) in [7, 11) is -1.44. The first-order valence-electron chi connectivity index (χ1n) is 6.97. The Hall–Kier alpha value is -0.430. The molecule has 1 aliphatic heterocycles. The SMILES string of the molecule is CNCc1csc(S(=O)(=O)N2CCC(C(C)(C)C)C2)c1. The maximum Gasteiger partial charge on any atom is 0.252 e. The van der Waals surface area contributed by atoms with Crippen molar-refractivity contribution in [1.29, 1.82) is 0 Å². The van der Waals surface area contributed by atoms with Gasteiger partial charge in [0.2, 0.25) is 0 Å². The fourth-order valence-electron chi connectivity index (χ4n) is 2.57. The number of hydrogen-bond donors (Lipinski definition) is 1. The third-order valence-corrected chi connectivity index (χ3v) is 7.31. The van der Waals surface area contributed by atoms with Gasteiger partial charge in [0.05, 0.1) is 0 Å². The van der Waals surface area contributed by atoms with Gasteiger partial charge >= 0.3 is 0 Å². The molecule has 0 aliphatic carbocycles. The molecule has 1 unspecified atom stereocenters. The fourth-order valence-corrected chi connectivity index (χ4v) is 5.43. The van der Waals surface area contributed by atoms with Gasteiger partial charge in [0.15, 0.2) is 0 Å². The molecule has 1 aromatic rings. The molecule has 2 rings (SSSR count). The molecule has 0 amide bonds. The number of rotatable bonds is 4. The minimum atomic E-state index is -3.31. The second-order valence-electron chi connectivity index (χ2n) is 6.52. The molecule has 4 nitrogen and oxygen atoms in total. The summed E-state index contributed by atoms with van der Waals surface area (Å²) in [5.41, 5.74) is 1.19. The normalized spacial score (nSPS) is 21.5. The lowest BCUT2D eigenvalue weighted by molar-refractivity contribution is 0.252. The highest BCUT2D eigenvalue weighted by atomic mass is 32.2. The van der Waals surface area contributed by atoms with E-state index in [4.69, 9.17) is 0 Å². The standard InChI is InChI=1S/C14H24N2O2S2/c1-14(2,3)12-5-6-16(9-12)20(17,18)13-7-11(8-15-4)10-19-13/h7,10,12,15H,5-6,8-9H2,1-4H3. The van der Waals surface area contributed by atoms with E-state index >= 15 is 0 Å². The predicted molar refractivity (Wildman–Crippen MR) is 83.4 cm³/mol. The van der Waals surface area contributed by atoms with Crippen LogP contribution in [-0.2, 0) is 16.6 Å². The lowest BCUT2D eigenvalue weighted by Crippen LogP contribution is -2.30. The molecule has 1 fully saturated rings. The van der Waals surface area contributed by atoms with E-state index in [0.29, 0.717) is 29.8 Å². The van der Waals surface area contributed by atoms with Crippen LogP contribution in [-0.4, -0.2) is 32.9 Å². The third kappa shape index (κ3) is 3.24. The average Bonchev–Trinajstić information content (AvgIpc) is 2.97. The molecule has 0 radical (unpaired) electrons. The van der Waals surface area contributed by atoms with Crippen LogP contribution in [0.5, 0.6) is 0 Å². The Morgan fingerprint density at radius 2 is 2.15 bits per heavy atom. The summed E-state index contributed by atoms with van der Waals surface area (Å²) in [6, 6.07) is 1.79. The van der Waals surface area contributed by atoms with Gasteiger partial charge in [0.25, 0.3) is 10.0 Å². The molecule has 2 heterocycles. The van der Waals surface area contributed by atoms with Gasteiger partial charge in [-0.2, -0.15) is 4.31 Å². The summed E-state index contributed by atoms with van der Waals surface area (Å²) < 4.78 is 27.4. The van der Waals surface area contributed by atoms with E-state index in [9.17, 15) is 8.42 Å². The van der Waals surface area contributed by atoms with Gasteiger partial charge in [-0.15, -0.1) is 11.3 Å². The second kappa shape index (κ2) is 5.75. The van der Waals surface area contributed by atoms with Crippen molar-refractivity contribution in [2.24, 2.45) is 11.3 Å². The largest absolute Gasteiger partial charge is 0.316 e. The number of sulfonamides is 1. The van der Waals surface area contributed by atoms with Crippen molar-refractivity contribution in [3.8, 4) is 0 Å². The summed E-state index contributed by atoms with van der Waals surface area (Å²) in [6.07, 6.45) is 0.956. The van der Waals surface area contributed by atoms with Crippen LogP contribution in [0.3, 0.4) is 0 Å². The summed E-state index contributed by atoms with van der Waals surface area (Å²) >= 11 is 1.32. The topological polar surface area (TPSA) is 49.4 Å². The number of nitrogens with one attached hydrogen (secondary N) is 1. The van der Waals surface area contributed by atoms with Crippen LogP contribution in [0.4, 0.5) is 0 Å². The molecule has 0 saturated carbocycles. The van der Waals surface area contributed by atoms with Crippen LogP contribution in [0, 0.1) is 11.3 Å². The first-order chi connectivity index (χ1) is 9.25. The Kier molecular flexibility index (Phi) is 4.59. The molecule has 0 bridgehead atoms. The fraction of sp³-hybridized carbons (Fsp3) is 0.714. The van der Waals surface area contributed by atoms with E-state index in [1.165, 1.54) is 11.3 Å². The van der Waals surface area contributed by atoms with Crippen molar-refractivity contribution in [2.45, 2.75) is 37.9 Å². The molecule has 0 spiro atoms. The highest BCUT2D eigenvalue weighted by Gasteiger charge is 2.38. The zero-order valence-corrected chi connectivity index (χ0v) is 14.3. The number of hydrogen-bond acceptors (Lipinski definition) is 4. The van der Waals surface area contributed by atoms with E-state index in [0.717, 1.165) is 12.0 Å². The molecule has 1 N–H and O–H groups in total. The molecule has 1 atom stereocenters. The zero-order valence-electron chi connectivity index (χ0n) is 12.6. The van der Waals surface area contributed by atoms with Gasteiger partial charge in [-0.1, -0.05) is 20.8 Å². The van der Waals surface area contributed by atoms with Gasteiger partial charge in [-0.05, 0) is 41.8 Å². The first-order valence-corrected chi connectivity index (χ1v) is 9.29. The van der Waals surface area contributed by atoms with Gasteiger partial charge in [-0.3, -0.25) is 0 Å². The van der Waals surface area contributed by atoms with Gasteiger partial charge in [0, 0.05) is 19.6 Å². The Morgan fingerprint density at radius 1 is 1.45 bits per heavy atom. The molecule has 0 aromatic carbocycles.